The minimum absolute atomic E-state index is 0.00382. The van der Waals surface area contributed by atoms with Gasteiger partial charge in [-0.15, -0.1) is 0 Å². The molecule has 2 rings (SSSR count). The van der Waals surface area contributed by atoms with Gasteiger partial charge in [-0.1, -0.05) is 35.7 Å². The molecule has 0 spiro atoms. The maximum Gasteiger partial charge on any atom is 0.416 e. The average molecular weight is 364 g/mol. The van der Waals surface area contributed by atoms with Crippen LogP contribution >= 0.6 is 15.9 Å². The molecule has 1 aromatic rings. The molecular formula is C16H21BrF3N. The fourth-order valence-electron chi connectivity index (χ4n) is 3.08. The second-order valence-corrected chi connectivity index (χ2v) is 6.56. The van der Waals surface area contributed by atoms with Crippen LogP contribution in [0, 0.1) is 5.92 Å². The van der Waals surface area contributed by atoms with E-state index in [0.29, 0.717) is 5.92 Å². The van der Waals surface area contributed by atoms with Gasteiger partial charge in [0.15, 0.2) is 0 Å². The van der Waals surface area contributed by atoms with Crippen molar-refractivity contribution in [3.05, 3.63) is 33.8 Å². The molecular weight excluding hydrogens is 343 g/mol. The molecule has 0 aliphatic heterocycles. The van der Waals surface area contributed by atoms with E-state index in [1.54, 1.807) is 0 Å². The number of halogens is 4. The molecule has 0 radical (unpaired) electrons. The van der Waals surface area contributed by atoms with Crippen molar-refractivity contribution in [1.82, 2.24) is 5.32 Å². The molecule has 1 atom stereocenters. The van der Waals surface area contributed by atoms with Gasteiger partial charge in [0.05, 0.1) is 5.56 Å². The third-order valence-electron chi connectivity index (χ3n) is 4.14. The Hall–Kier alpha value is -0.550. The minimum atomic E-state index is -4.29. The van der Waals surface area contributed by atoms with E-state index in [9.17, 15) is 13.2 Å². The lowest BCUT2D eigenvalue weighted by Crippen LogP contribution is -2.28. The standard InChI is InChI=1S/C16H21BrF3N/c1-2-9-21-15(11-5-3-4-6-11)13-10-12(16(18,19)20)7-8-14(13)17/h7-8,10-11,15,21H,2-6,9H2,1H3. The predicted molar refractivity (Wildman–Crippen MR) is 82.1 cm³/mol. The van der Waals surface area contributed by atoms with Gasteiger partial charge >= 0.3 is 6.18 Å². The summed E-state index contributed by atoms with van der Waals surface area (Å²) in [5.74, 6) is 0.427. The van der Waals surface area contributed by atoms with Crippen LogP contribution in [-0.2, 0) is 6.18 Å². The van der Waals surface area contributed by atoms with Crippen molar-refractivity contribution in [3.8, 4) is 0 Å². The van der Waals surface area contributed by atoms with E-state index in [0.717, 1.165) is 41.9 Å². The Labute approximate surface area is 132 Å². The molecule has 0 saturated heterocycles. The van der Waals surface area contributed by atoms with Gasteiger partial charge in [0.25, 0.3) is 0 Å². The number of hydrogen-bond donors (Lipinski definition) is 1. The molecule has 0 heterocycles. The molecule has 118 valence electrons. The second kappa shape index (κ2) is 7.14. The first kappa shape index (κ1) is 16.8. The summed E-state index contributed by atoms with van der Waals surface area (Å²) in [5.41, 5.74) is 0.173. The van der Waals surface area contributed by atoms with Gasteiger partial charge in [-0.3, -0.25) is 0 Å². The summed E-state index contributed by atoms with van der Waals surface area (Å²) in [6.07, 6.45) is 1.20. The van der Waals surface area contributed by atoms with E-state index in [-0.39, 0.29) is 6.04 Å². The maximum atomic E-state index is 13.0. The highest BCUT2D eigenvalue weighted by molar-refractivity contribution is 9.10. The molecule has 1 N–H and O–H groups in total. The summed E-state index contributed by atoms with van der Waals surface area (Å²) >= 11 is 3.43. The Morgan fingerprint density at radius 2 is 1.95 bits per heavy atom. The minimum Gasteiger partial charge on any atom is -0.310 e. The van der Waals surface area contributed by atoms with Crippen molar-refractivity contribution in [2.75, 3.05) is 6.54 Å². The van der Waals surface area contributed by atoms with E-state index < -0.39 is 11.7 Å². The van der Waals surface area contributed by atoms with Gasteiger partial charge in [0.2, 0.25) is 0 Å². The van der Waals surface area contributed by atoms with Gasteiger partial charge < -0.3 is 5.32 Å². The van der Waals surface area contributed by atoms with Crippen LogP contribution in [0.1, 0.15) is 56.2 Å². The van der Waals surface area contributed by atoms with Crippen molar-refractivity contribution >= 4 is 15.9 Å². The smallest absolute Gasteiger partial charge is 0.310 e. The Balaban J connectivity index is 2.33. The van der Waals surface area contributed by atoms with Crippen LogP contribution < -0.4 is 5.32 Å². The fraction of sp³-hybridized carbons (Fsp3) is 0.625. The Morgan fingerprint density at radius 3 is 2.52 bits per heavy atom. The van der Waals surface area contributed by atoms with Gasteiger partial charge in [0.1, 0.15) is 0 Å². The molecule has 1 unspecified atom stereocenters. The summed E-state index contributed by atoms with van der Waals surface area (Å²) in [4.78, 5) is 0. The molecule has 5 heteroatoms. The number of benzene rings is 1. The van der Waals surface area contributed by atoms with Crippen molar-refractivity contribution in [2.24, 2.45) is 5.92 Å². The van der Waals surface area contributed by atoms with E-state index in [4.69, 9.17) is 0 Å². The molecule has 1 nitrogen and oxygen atoms in total. The molecule has 1 fully saturated rings. The highest BCUT2D eigenvalue weighted by Crippen LogP contribution is 2.40. The van der Waals surface area contributed by atoms with E-state index in [2.05, 4.69) is 28.2 Å². The lowest BCUT2D eigenvalue weighted by molar-refractivity contribution is -0.137. The van der Waals surface area contributed by atoms with Crippen LogP contribution in [0.25, 0.3) is 0 Å². The topological polar surface area (TPSA) is 12.0 Å². The molecule has 0 amide bonds. The van der Waals surface area contributed by atoms with Crippen molar-refractivity contribution < 1.29 is 13.2 Å². The van der Waals surface area contributed by atoms with Crippen molar-refractivity contribution in [1.29, 1.82) is 0 Å². The molecule has 0 aromatic heterocycles. The number of hydrogen-bond acceptors (Lipinski definition) is 1. The lowest BCUT2D eigenvalue weighted by atomic mass is 9.90. The van der Waals surface area contributed by atoms with Gasteiger partial charge in [-0.2, -0.15) is 13.2 Å². The van der Waals surface area contributed by atoms with E-state index >= 15 is 0 Å². The van der Waals surface area contributed by atoms with Crippen LogP contribution in [0.15, 0.2) is 22.7 Å². The van der Waals surface area contributed by atoms with Gasteiger partial charge in [-0.25, -0.2) is 0 Å². The molecule has 21 heavy (non-hydrogen) atoms. The Morgan fingerprint density at radius 1 is 1.29 bits per heavy atom. The molecule has 1 saturated carbocycles. The molecule has 1 aromatic carbocycles. The first-order chi connectivity index (χ1) is 9.93. The number of rotatable bonds is 5. The van der Waals surface area contributed by atoms with Gasteiger partial charge in [-0.05, 0) is 55.5 Å². The zero-order valence-electron chi connectivity index (χ0n) is 12.1. The normalized spacial score (nSPS) is 18.1. The summed E-state index contributed by atoms with van der Waals surface area (Å²) in [6.45, 7) is 2.89. The van der Waals surface area contributed by atoms with Crippen LogP contribution in [0.5, 0.6) is 0 Å². The van der Waals surface area contributed by atoms with Crippen molar-refractivity contribution in [3.63, 3.8) is 0 Å². The highest BCUT2D eigenvalue weighted by atomic mass is 79.9. The fourth-order valence-corrected chi connectivity index (χ4v) is 3.57. The summed E-state index contributed by atoms with van der Waals surface area (Å²) in [6, 6.07) is 3.96. The average Bonchev–Trinajstić information content (AvgIpc) is 2.93. The molecule has 1 aliphatic rings. The largest absolute Gasteiger partial charge is 0.416 e. The first-order valence-electron chi connectivity index (χ1n) is 7.53. The Kier molecular flexibility index (Phi) is 5.72. The summed E-state index contributed by atoms with van der Waals surface area (Å²) < 4.78 is 39.6. The zero-order valence-corrected chi connectivity index (χ0v) is 13.7. The number of nitrogens with one attached hydrogen (secondary N) is 1. The third kappa shape index (κ3) is 4.22. The predicted octanol–water partition coefficient (Wildman–Crippen LogP) is 5.70. The highest BCUT2D eigenvalue weighted by Gasteiger charge is 2.33. The summed E-state index contributed by atoms with van der Waals surface area (Å²) in [5, 5.41) is 3.45. The third-order valence-corrected chi connectivity index (χ3v) is 4.87. The monoisotopic (exact) mass is 363 g/mol. The second-order valence-electron chi connectivity index (χ2n) is 5.71. The van der Waals surface area contributed by atoms with Gasteiger partial charge in [0, 0.05) is 10.5 Å². The maximum absolute atomic E-state index is 13.0. The van der Waals surface area contributed by atoms with Crippen LogP contribution in [0.3, 0.4) is 0 Å². The van der Waals surface area contributed by atoms with Crippen LogP contribution in [0.2, 0.25) is 0 Å². The zero-order chi connectivity index (χ0) is 15.5. The quantitative estimate of drug-likeness (QED) is 0.707. The molecule has 1 aliphatic carbocycles. The number of alkyl halides is 3. The molecule has 0 bridgehead atoms. The van der Waals surface area contributed by atoms with Crippen LogP contribution in [0.4, 0.5) is 13.2 Å². The first-order valence-corrected chi connectivity index (χ1v) is 8.32. The van der Waals surface area contributed by atoms with Crippen LogP contribution in [-0.4, -0.2) is 6.54 Å². The van der Waals surface area contributed by atoms with E-state index in [1.807, 2.05) is 0 Å². The SMILES string of the molecule is CCCNC(c1cc(C(F)(F)F)ccc1Br)C1CCCC1. The Bertz CT molecular complexity index is 467. The van der Waals surface area contributed by atoms with Crippen molar-refractivity contribution in [2.45, 2.75) is 51.2 Å². The van der Waals surface area contributed by atoms with E-state index in [1.165, 1.54) is 25.0 Å². The summed E-state index contributed by atoms with van der Waals surface area (Å²) in [7, 11) is 0. The lowest BCUT2D eigenvalue weighted by Gasteiger charge is -2.27.